The molecule has 3 nitrogen and oxygen atoms in total. The zero-order chi connectivity index (χ0) is 9.14. The maximum Gasteiger partial charge on any atom is 0.326 e. The van der Waals surface area contributed by atoms with Gasteiger partial charge in [-0.05, 0) is 25.5 Å². The lowest BCUT2D eigenvalue weighted by atomic mass is 10.2. The van der Waals surface area contributed by atoms with Gasteiger partial charge in [0.25, 0.3) is 0 Å². The summed E-state index contributed by atoms with van der Waals surface area (Å²) in [6.07, 6.45) is 0. The van der Waals surface area contributed by atoms with E-state index in [-0.39, 0.29) is 0 Å². The van der Waals surface area contributed by atoms with Crippen LogP contribution in [0.25, 0.3) is 0 Å². The van der Waals surface area contributed by atoms with Crippen LogP contribution < -0.4 is 0 Å². The smallest absolute Gasteiger partial charge is 0.326 e. The number of carboxylic acids is 1. The van der Waals surface area contributed by atoms with Crippen LogP contribution in [-0.2, 0) is 4.79 Å². The summed E-state index contributed by atoms with van der Waals surface area (Å²) < 4.78 is 0. The van der Waals surface area contributed by atoms with Crippen molar-refractivity contribution in [2.75, 3.05) is 14.1 Å². The number of likely N-dealkylation sites (N-methyl/N-ethyl adjacent to an activating group) is 1. The van der Waals surface area contributed by atoms with Crippen LogP contribution in [0.4, 0.5) is 0 Å². The Morgan fingerprint density at radius 1 is 1.67 bits per heavy atom. The van der Waals surface area contributed by atoms with Crippen LogP contribution in [0, 0.1) is 0 Å². The van der Waals surface area contributed by atoms with Crippen LogP contribution in [-0.4, -0.2) is 30.1 Å². The van der Waals surface area contributed by atoms with Crippen molar-refractivity contribution >= 4 is 17.3 Å². The summed E-state index contributed by atoms with van der Waals surface area (Å²) in [6, 6.07) is 3.19. The first kappa shape index (κ1) is 9.22. The standard InChI is InChI=1S/C8H11NO2S/c1-9(2)7(8(10)11)6-4-3-5-12-6/h3-5,7H,1-2H3,(H,10,11). The molecular weight excluding hydrogens is 174 g/mol. The highest BCUT2D eigenvalue weighted by molar-refractivity contribution is 7.10. The molecule has 0 bridgehead atoms. The SMILES string of the molecule is CN(C)C(C(=O)O)c1cccs1. The van der Waals surface area contributed by atoms with E-state index >= 15 is 0 Å². The maximum absolute atomic E-state index is 10.8. The average molecular weight is 185 g/mol. The Bertz CT molecular complexity index is 256. The van der Waals surface area contributed by atoms with E-state index in [0.29, 0.717) is 0 Å². The molecule has 1 atom stereocenters. The third-order valence-electron chi connectivity index (χ3n) is 1.56. The summed E-state index contributed by atoms with van der Waals surface area (Å²) in [6.45, 7) is 0. The molecule has 0 saturated carbocycles. The molecule has 0 aliphatic carbocycles. The monoisotopic (exact) mass is 185 g/mol. The predicted octanol–water partition coefficient (Wildman–Crippen LogP) is 1.44. The van der Waals surface area contributed by atoms with Gasteiger partial charge in [-0.3, -0.25) is 9.69 Å². The number of nitrogens with zero attached hydrogens (tertiary/aromatic N) is 1. The lowest BCUT2D eigenvalue weighted by Gasteiger charge is -2.17. The summed E-state index contributed by atoms with van der Waals surface area (Å²) in [5.74, 6) is -0.803. The fraction of sp³-hybridized carbons (Fsp3) is 0.375. The number of aliphatic carboxylic acids is 1. The second kappa shape index (κ2) is 3.69. The van der Waals surface area contributed by atoms with Crippen LogP contribution >= 0.6 is 11.3 Å². The highest BCUT2D eigenvalue weighted by Crippen LogP contribution is 2.22. The van der Waals surface area contributed by atoms with Gasteiger partial charge in [-0.25, -0.2) is 0 Å². The Balaban J connectivity index is 2.88. The molecule has 0 radical (unpaired) electrons. The molecule has 1 heterocycles. The fourth-order valence-corrected chi connectivity index (χ4v) is 1.96. The largest absolute Gasteiger partial charge is 0.480 e. The van der Waals surface area contributed by atoms with Crippen LogP contribution in [0.3, 0.4) is 0 Å². The summed E-state index contributed by atoms with van der Waals surface area (Å²) in [4.78, 5) is 13.4. The second-order valence-electron chi connectivity index (χ2n) is 2.72. The van der Waals surface area contributed by atoms with Gasteiger partial charge in [-0.1, -0.05) is 6.07 Å². The third kappa shape index (κ3) is 1.84. The van der Waals surface area contributed by atoms with E-state index in [1.165, 1.54) is 11.3 Å². The number of thiophene rings is 1. The fourth-order valence-electron chi connectivity index (χ4n) is 1.04. The van der Waals surface area contributed by atoms with Gasteiger partial charge in [0, 0.05) is 4.88 Å². The van der Waals surface area contributed by atoms with E-state index in [2.05, 4.69) is 0 Å². The van der Waals surface area contributed by atoms with Crippen LogP contribution in [0.1, 0.15) is 10.9 Å². The van der Waals surface area contributed by atoms with Crippen LogP contribution in [0.5, 0.6) is 0 Å². The number of carbonyl (C=O) groups is 1. The van der Waals surface area contributed by atoms with E-state index in [1.807, 2.05) is 17.5 Å². The summed E-state index contributed by atoms with van der Waals surface area (Å²) in [7, 11) is 3.52. The molecule has 0 aliphatic heterocycles. The number of rotatable bonds is 3. The molecule has 1 N–H and O–H groups in total. The van der Waals surface area contributed by atoms with E-state index < -0.39 is 12.0 Å². The lowest BCUT2D eigenvalue weighted by molar-refractivity contribution is -0.142. The summed E-state index contributed by atoms with van der Waals surface area (Å²) in [5, 5.41) is 10.8. The zero-order valence-corrected chi connectivity index (χ0v) is 7.84. The first-order valence-electron chi connectivity index (χ1n) is 3.55. The van der Waals surface area contributed by atoms with Gasteiger partial charge in [-0.15, -0.1) is 11.3 Å². The van der Waals surface area contributed by atoms with Crippen LogP contribution in [0.15, 0.2) is 17.5 Å². The molecule has 1 aromatic rings. The van der Waals surface area contributed by atoms with Gasteiger partial charge in [-0.2, -0.15) is 0 Å². The predicted molar refractivity (Wildman–Crippen MR) is 48.4 cm³/mol. The molecule has 66 valence electrons. The molecular formula is C8H11NO2S. The van der Waals surface area contributed by atoms with Gasteiger partial charge < -0.3 is 5.11 Å². The minimum absolute atomic E-state index is 0.509. The van der Waals surface area contributed by atoms with Gasteiger partial charge in [0.05, 0.1) is 0 Å². The quantitative estimate of drug-likeness (QED) is 0.774. The van der Waals surface area contributed by atoms with Gasteiger partial charge >= 0.3 is 5.97 Å². The molecule has 12 heavy (non-hydrogen) atoms. The first-order chi connectivity index (χ1) is 5.63. The Hall–Kier alpha value is -0.870. The molecule has 0 saturated heterocycles. The Morgan fingerprint density at radius 3 is 2.67 bits per heavy atom. The Kier molecular flexibility index (Phi) is 2.83. The normalized spacial score (nSPS) is 13.2. The molecule has 1 aromatic heterocycles. The van der Waals surface area contributed by atoms with Crippen molar-refractivity contribution in [3.8, 4) is 0 Å². The zero-order valence-electron chi connectivity index (χ0n) is 7.02. The van der Waals surface area contributed by atoms with Crippen LogP contribution in [0.2, 0.25) is 0 Å². The Labute approximate surface area is 75.2 Å². The van der Waals surface area contributed by atoms with Crippen molar-refractivity contribution in [2.24, 2.45) is 0 Å². The van der Waals surface area contributed by atoms with E-state index in [4.69, 9.17) is 5.11 Å². The Morgan fingerprint density at radius 2 is 2.33 bits per heavy atom. The minimum Gasteiger partial charge on any atom is -0.480 e. The molecule has 1 unspecified atom stereocenters. The average Bonchev–Trinajstić information content (AvgIpc) is 2.37. The summed E-state index contributed by atoms with van der Waals surface area (Å²) >= 11 is 1.47. The number of carboxylic acid groups (broad SMARTS) is 1. The van der Waals surface area contributed by atoms with Crippen molar-refractivity contribution in [2.45, 2.75) is 6.04 Å². The third-order valence-corrected chi connectivity index (χ3v) is 2.49. The molecule has 0 fully saturated rings. The molecule has 0 aromatic carbocycles. The summed E-state index contributed by atoms with van der Waals surface area (Å²) in [5.41, 5.74) is 0. The molecule has 0 amide bonds. The number of hydrogen-bond donors (Lipinski definition) is 1. The highest BCUT2D eigenvalue weighted by Gasteiger charge is 2.22. The van der Waals surface area contributed by atoms with Crippen molar-refractivity contribution in [1.29, 1.82) is 0 Å². The van der Waals surface area contributed by atoms with Gasteiger partial charge in [0.15, 0.2) is 0 Å². The van der Waals surface area contributed by atoms with E-state index in [0.717, 1.165) is 4.88 Å². The highest BCUT2D eigenvalue weighted by atomic mass is 32.1. The molecule has 4 heteroatoms. The molecule has 0 spiro atoms. The topological polar surface area (TPSA) is 40.5 Å². The minimum atomic E-state index is -0.803. The first-order valence-corrected chi connectivity index (χ1v) is 4.43. The van der Waals surface area contributed by atoms with E-state index in [1.54, 1.807) is 19.0 Å². The van der Waals surface area contributed by atoms with Crippen molar-refractivity contribution < 1.29 is 9.90 Å². The molecule has 0 aliphatic rings. The van der Waals surface area contributed by atoms with Crippen molar-refractivity contribution in [3.63, 3.8) is 0 Å². The van der Waals surface area contributed by atoms with Crippen molar-refractivity contribution in [1.82, 2.24) is 4.90 Å². The van der Waals surface area contributed by atoms with Gasteiger partial charge in [0.2, 0.25) is 0 Å². The number of hydrogen-bond acceptors (Lipinski definition) is 3. The van der Waals surface area contributed by atoms with Crippen molar-refractivity contribution in [3.05, 3.63) is 22.4 Å². The van der Waals surface area contributed by atoms with Gasteiger partial charge in [0.1, 0.15) is 6.04 Å². The molecule has 1 rings (SSSR count). The lowest BCUT2D eigenvalue weighted by Crippen LogP contribution is -2.26. The maximum atomic E-state index is 10.8. The van der Waals surface area contributed by atoms with E-state index in [9.17, 15) is 4.79 Å². The second-order valence-corrected chi connectivity index (χ2v) is 3.70.